The summed E-state index contributed by atoms with van der Waals surface area (Å²) in [5.41, 5.74) is 2.12. The average Bonchev–Trinajstić information content (AvgIpc) is 2.79. The number of carbonyl (C=O) groups is 2. The van der Waals surface area contributed by atoms with Gasteiger partial charge in [-0.25, -0.2) is 4.79 Å². The fourth-order valence-corrected chi connectivity index (χ4v) is 8.37. The zero-order valence-electron chi connectivity index (χ0n) is 23.0. The molecule has 4 aliphatic carbocycles. The highest BCUT2D eigenvalue weighted by atomic mass is 16.6. The summed E-state index contributed by atoms with van der Waals surface area (Å²) in [6.45, 7) is 13.5. The van der Waals surface area contributed by atoms with Gasteiger partial charge in [0.25, 0.3) is 0 Å². The van der Waals surface area contributed by atoms with Gasteiger partial charge in [0.2, 0.25) is 5.91 Å². The smallest absolute Gasteiger partial charge is 0.407 e. The summed E-state index contributed by atoms with van der Waals surface area (Å²) in [5, 5.41) is 3.09. The predicted molar refractivity (Wildman–Crippen MR) is 143 cm³/mol. The molecule has 6 rings (SSSR count). The van der Waals surface area contributed by atoms with Crippen LogP contribution in [0.15, 0.2) is 42.0 Å². The Hall–Kier alpha value is -2.30. The minimum Gasteiger partial charge on any atom is -0.444 e. The number of hydrogen-bond donors (Lipinski definition) is 1. The van der Waals surface area contributed by atoms with E-state index in [9.17, 15) is 9.59 Å². The third kappa shape index (κ3) is 4.37. The Morgan fingerprint density at radius 2 is 1.69 bits per heavy atom. The van der Waals surface area contributed by atoms with Crippen molar-refractivity contribution in [2.75, 3.05) is 13.1 Å². The first-order chi connectivity index (χ1) is 16.9. The molecule has 1 aromatic carbocycles. The summed E-state index contributed by atoms with van der Waals surface area (Å²) in [6.07, 6.45) is 8.05. The number of carbonyl (C=O) groups excluding carboxylic acids is 2. The van der Waals surface area contributed by atoms with Crippen LogP contribution in [0.25, 0.3) is 0 Å². The number of alkyl carbamates (subject to hydrolysis) is 1. The van der Waals surface area contributed by atoms with Gasteiger partial charge in [-0.3, -0.25) is 4.79 Å². The van der Waals surface area contributed by atoms with Crippen molar-refractivity contribution >= 4 is 12.0 Å². The maximum atomic E-state index is 14.4. The first-order valence-corrected chi connectivity index (χ1v) is 13.9. The molecule has 1 aromatic rings. The number of amides is 2. The molecule has 1 heterocycles. The Morgan fingerprint density at radius 3 is 2.25 bits per heavy atom. The lowest BCUT2D eigenvalue weighted by atomic mass is 9.41. The van der Waals surface area contributed by atoms with Crippen molar-refractivity contribution in [3.63, 3.8) is 0 Å². The number of benzene rings is 1. The normalized spacial score (nSPS) is 34.9. The number of likely N-dealkylation sites (tertiary alicyclic amines) is 1. The van der Waals surface area contributed by atoms with Crippen LogP contribution in [0, 0.1) is 22.7 Å². The molecule has 2 amide bonds. The summed E-state index contributed by atoms with van der Waals surface area (Å²) < 4.78 is 5.51. The van der Waals surface area contributed by atoms with Crippen LogP contribution in [-0.2, 0) is 14.9 Å². The van der Waals surface area contributed by atoms with Gasteiger partial charge in [-0.1, -0.05) is 55.8 Å². The van der Waals surface area contributed by atoms with Gasteiger partial charge in [0.1, 0.15) is 5.60 Å². The minimum atomic E-state index is -0.524. The molecule has 2 unspecified atom stereocenters. The molecule has 5 aliphatic rings. The molecule has 4 bridgehead atoms. The summed E-state index contributed by atoms with van der Waals surface area (Å²) in [5.74, 6) is 1.38. The summed E-state index contributed by atoms with van der Waals surface area (Å²) in [7, 11) is 0. The van der Waals surface area contributed by atoms with Gasteiger partial charge < -0.3 is 15.0 Å². The van der Waals surface area contributed by atoms with Crippen LogP contribution in [0.2, 0.25) is 0 Å². The highest BCUT2D eigenvalue weighted by Crippen LogP contribution is 2.67. The van der Waals surface area contributed by atoms with Crippen LogP contribution in [0.5, 0.6) is 0 Å². The van der Waals surface area contributed by atoms with Gasteiger partial charge in [-0.2, -0.15) is 0 Å². The molecule has 0 aromatic heterocycles. The van der Waals surface area contributed by atoms with Crippen LogP contribution in [0.1, 0.15) is 85.6 Å². The van der Waals surface area contributed by atoms with Crippen molar-refractivity contribution in [1.29, 1.82) is 0 Å². The molecule has 1 N–H and O–H groups in total. The number of nitrogens with zero attached hydrogens (tertiary/aromatic N) is 1. The molecule has 0 radical (unpaired) electrons. The molecule has 36 heavy (non-hydrogen) atoms. The Labute approximate surface area is 217 Å². The van der Waals surface area contributed by atoms with Gasteiger partial charge in [0.05, 0.1) is 5.41 Å². The second-order valence-corrected chi connectivity index (χ2v) is 13.8. The molecule has 1 saturated heterocycles. The first-order valence-electron chi connectivity index (χ1n) is 13.9. The molecule has 5 nitrogen and oxygen atoms in total. The number of allylic oxidation sites excluding steroid dienone is 2. The molecule has 1 aliphatic heterocycles. The van der Waals surface area contributed by atoms with E-state index in [-0.39, 0.29) is 28.4 Å². The first kappa shape index (κ1) is 25.4. The van der Waals surface area contributed by atoms with E-state index in [4.69, 9.17) is 4.74 Å². The molecule has 3 atom stereocenters. The predicted octanol–water partition coefficient (Wildman–Crippen LogP) is 6.23. The monoisotopic (exact) mass is 492 g/mol. The van der Waals surface area contributed by atoms with E-state index in [1.54, 1.807) is 5.57 Å². The second kappa shape index (κ2) is 8.63. The number of nitrogens with one attached hydrogen (secondary N) is 1. The Balaban J connectivity index is 1.36. The van der Waals surface area contributed by atoms with E-state index in [0.29, 0.717) is 30.8 Å². The maximum Gasteiger partial charge on any atom is 0.407 e. The van der Waals surface area contributed by atoms with E-state index in [1.165, 1.54) is 18.4 Å². The van der Waals surface area contributed by atoms with Crippen LogP contribution >= 0.6 is 0 Å². The van der Waals surface area contributed by atoms with Crippen molar-refractivity contribution in [1.82, 2.24) is 10.2 Å². The van der Waals surface area contributed by atoms with Gasteiger partial charge in [0.15, 0.2) is 0 Å². The molecule has 196 valence electrons. The van der Waals surface area contributed by atoms with Crippen LogP contribution in [0.3, 0.4) is 0 Å². The van der Waals surface area contributed by atoms with Gasteiger partial charge >= 0.3 is 6.09 Å². The zero-order valence-corrected chi connectivity index (χ0v) is 23.0. The van der Waals surface area contributed by atoms with E-state index in [0.717, 1.165) is 25.7 Å². The van der Waals surface area contributed by atoms with E-state index >= 15 is 0 Å². The standard InChI is InChI=1S/C31H44N2O3/c1-7-24-21-15-30(23-11-9-8-10-12-23)16-22(24)18-31(17-21,19-30)26(34)33-14-13-25(29(5,6)20-33)32-27(35)36-28(2,3)4/h7-12,21-22,25H,13-20H2,1-6H3,(H,32,35)/t21?,22?,25-,30?,31?/m0/s1. The van der Waals surface area contributed by atoms with Crippen molar-refractivity contribution < 1.29 is 14.3 Å². The molecule has 5 fully saturated rings. The van der Waals surface area contributed by atoms with Crippen LogP contribution in [0.4, 0.5) is 4.79 Å². The van der Waals surface area contributed by atoms with E-state index < -0.39 is 5.60 Å². The van der Waals surface area contributed by atoms with Crippen molar-refractivity contribution in [2.45, 2.75) is 97.1 Å². The molecule has 5 heteroatoms. The van der Waals surface area contributed by atoms with E-state index in [1.807, 2.05) is 20.8 Å². The van der Waals surface area contributed by atoms with Gasteiger partial charge in [-0.15, -0.1) is 0 Å². The maximum absolute atomic E-state index is 14.4. The number of rotatable bonds is 3. The molecular weight excluding hydrogens is 448 g/mol. The van der Waals surface area contributed by atoms with Crippen molar-refractivity contribution in [2.24, 2.45) is 22.7 Å². The summed E-state index contributed by atoms with van der Waals surface area (Å²) in [6, 6.07) is 11.0. The summed E-state index contributed by atoms with van der Waals surface area (Å²) in [4.78, 5) is 29.0. The number of piperidine rings is 1. The lowest BCUT2D eigenvalue weighted by Gasteiger charge is -2.63. The van der Waals surface area contributed by atoms with Gasteiger partial charge in [0, 0.05) is 24.5 Å². The lowest BCUT2D eigenvalue weighted by molar-refractivity contribution is -0.159. The Kier molecular flexibility index (Phi) is 6.08. The lowest BCUT2D eigenvalue weighted by Crippen LogP contribution is -2.63. The Morgan fingerprint density at radius 1 is 1.06 bits per heavy atom. The van der Waals surface area contributed by atoms with E-state index in [2.05, 4.69) is 67.4 Å². The molecular formula is C31H44N2O3. The van der Waals surface area contributed by atoms with Crippen molar-refractivity contribution in [3.05, 3.63) is 47.5 Å². The van der Waals surface area contributed by atoms with Crippen LogP contribution in [-0.4, -0.2) is 41.6 Å². The largest absolute Gasteiger partial charge is 0.444 e. The summed E-state index contributed by atoms with van der Waals surface area (Å²) >= 11 is 0. The third-order valence-corrected chi connectivity index (χ3v) is 9.55. The fourth-order valence-electron chi connectivity index (χ4n) is 8.37. The topological polar surface area (TPSA) is 58.6 Å². The second-order valence-electron chi connectivity index (χ2n) is 13.8. The fraction of sp³-hybridized carbons (Fsp3) is 0.677. The molecule has 0 spiro atoms. The number of hydrogen-bond acceptors (Lipinski definition) is 3. The zero-order chi connectivity index (χ0) is 25.9. The quantitative estimate of drug-likeness (QED) is 0.509. The Bertz CT molecular complexity index is 1030. The van der Waals surface area contributed by atoms with Crippen molar-refractivity contribution in [3.8, 4) is 0 Å². The minimum absolute atomic E-state index is 0.0157. The highest BCUT2D eigenvalue weighted by Gasteiger charge is 2.63. The average molecular weight is 493 g/mol. The van der Waals surface area contributed by atoms with Gasteiger partial charge in [-0.05, 0) is 89.0 Å². The van der Waals surface area contributed by atoms with Crippen LogP contribution < -0.4 is 5.32 Å². The number of ether oxygens (including phenoxy) is 1. The third-order valence-electron chi connectivity index (χ3n) is 9.55. The highest BCUT2D eigenvalue weighted by molar-refractivity contribution is 5.84. The SMILES string of the molecule is CC=C1C2CC3(C(=O)N4CC[C@H](NC(=O)OC(C)(C)C)C(C)(C)C4)CC1CC(c1ccccc1)(C2)C3. The molecule has 4 saturated carbocycles.